The van der Waals surface area contributed by atoms with Gasteiger partial charge in [0, 0.05) is 12.2 Å². The van der Waals surface area contributed by atoms with Crippen LogP contribution in [0, 0.1) is 12.7 Å². The molecule has 0 aliphatic rings. The Hall–Kier alpha value is -3.65. The zero-order valence-electron chi connectivity index (χ0n) is 18.7. The van der Waals surface area contributed by atoms with Gasteiger partial charge in [0.25, 0.3) is 0 Å². The largest absolute Gasteiger partial charge is 0.494 e. The van der Waals surface area contributed by atoms with Crippen LogP contribution in [0.4, 0.5) is 4.39 Å². The van der Waals surface area contributed by atoms with E-state index in [9.17, 15) is 9.18 Å². The lowest BCUT2D eigenvalue weighted by Gasteiger charge is -2.20. The van der Waals surface area contributed by atoms with Gasteiger partial charge in [-0.25, -0.2) is 14.2 Å². The molecular weight excluding hydrogens is 429 g/mol. The number of aliphatic carboxylic acids is 1. The van der Waals surface area contributed by atoms with E-state index in [1.54, 1.807) is 43.3 Å². The van der Waals surface area contributed by atoms with Crippen molar-refractivity contribution in [1.82, 2.24) is 4.98 Å². The van der Waals surface area contributed by atoms with Crippen molar-refractivity contribution in [3.8, 4) is 28.5 Å². The highest BCUT2D eigenvalue weighted by atomic mass is 19.1. The number of benzene rings is 2. The van der Waals surface area contributed by atoms with Crippen LogP contribution in [0.25, 0.3) is 11.3 Å². The molecule has 1 aromatic heterocycles. The highest BCUT2D eigenvalue weighted by Gasteiger charge is 2.18. The molecule has 0 saturated heterocycles. The number of ether oxygens (including phenoxy) is 4. The molecule has 1 N–H and O–H groups in total. The van der Waals surface area contributed by atoms with Crippen molar-refractivity contribution in [2.24, 2.45) is 0 Å². The van der Waals surface area contributed by atoms with Gasteiger partial charge in [-0.3, -0.25) is 0 Å². The lowest BCUT2D eigenvalue weighted by Crippen LogP contribution is -2.16. The average molecular weight is 455 g/mol. The number of methoxy groups -OCH3 is 1. The van der Waals surface area contributed by atoms with Gasteiger partial charge in [0.15, 0.2) is 24.3 Å². The number of pyridine rings is 1. The smallest absolute Gasteiger partial charge is 0.341 e. The first kappa shape index (κ1) is 24.0. The van der Waals surface area contributed by atoms with Crippen LogP contribution in [0.1, 0.15) is 24.3 Å². The number of aryl methyl sites for hydroxylation is 1. The van der Waals surface area contributed by atoms with E-state index in [4.69, 9.17) is 24.1 Å². The lowest BCUT2D eigenvalue weighted by molar-refractivity contribution is -0.139. The van der Waals surface area contributed by atoms with E-state index in [-0.39, 0.29) is 12.4 Å². The molecule has 0 bridgehead atoms. The quantitative estimate of drug-likeness (QED) is 0.443. The second-order valence-corrected chi connectivity index (χ2v) is 7.17. The summed E-state index contributed by atoms with van der Waals surface area (Å²) in [6.45, 7) is 4.04. The van der Waals surface area contributed by atoms with Gasteiger partial charge in [0.2, 0.25) is 0 Å². The highest BCUT2D eigenvalue weighted by Crippen LogP contribution is 2.29. The Bertz CT molecular complexity index is 1100. The fourth-order valence-corrected chi connectivity index (χ4v) is 3.18. The number of halogens is 1. The number of carboxylic acids is 1. The Morgan fingerprint density at radius 1 is 1.12 bits per heavy atom. The van der Waals surface area contributed by atoms with Gasteiger partial charge < -0.3 is 24.1 Å². The Morgan fingerprint density at radius 3 is 2.58 bits per heavy atom. The normalized spacial score (nSPS) is 11.6. The van der Waals surface area contributed by atoms with Crippen molar-refractivity contribution >= 4 is 5.97 Å². The Balaban J connectivity index is 1.84. The molecule has 0 aliphatic heterocycles. The summed E-state index contributed by atoms with van der Waals surface area (Å²) in [5.74, 6) is -0.326. The number of nitrogens with zero attached hydrogens (tertiary/aromatic N) is 1. The van der Waals surface area contributed by atoms with Crippen molar-refractivity contribution in [3.63, 3.8) is 0 Å². The summed E-state index contributed by atoms with van der Waals surface area (Å²) in [5.41, 5.74) is 2.56. The number of carbonyl (C=O) groups is 1. The number of rotatable bonds is 11. The van der Waals surface area contributed by atoms with Crippen LogP contribution in [0.3, 0.4) is 0 Å². The molecule has 0 fully saturated rings. The first-order chi connectivity index (χ1) is 15.9. The summed E-state index contributed by atoms with van der Waals surface area (Å²) in [4.78, 5) is 15.4. The molecule has 8 heteroatoms. The van der Waals surface area contributed by atoms with Crippen LogP contribution >= 0.6 is 0 Å². The standard InChI is InChI=1S/C25H26FNO6/c1-4-31-14-24(33-18-9-11-22(16(2)12-18)32-15-25(28)29)21-7-5-6-20(27-21)17-8-10-23(30-3)19(26)13-17/h5-13,24H,4,14-15H2,1-3H3,(H,28,29). The molecule has 0 radical (unpaired) electrons. The fourth-order valence-electron chi connectivity index (χ4n) is 3.18. The molecule has 7 nitrogen and oxygen atoms in total. The maximum Gasteiger partial charge on any atom is 0.341 e. The first-order valence-electron chi connectivity index (χ1n) is 10.4. The van der Waals surface area contributed by atoms with Crippen molar-refractivity contribution < 1.29 is 33.2 Å². The molecule has 1 heterocycles. The van der Waals surface area contributed by atoms with E-state index in [1.165, 1.54) is 13.2 Å². The monoisotopic (exact) mass is 455 g/mol. The van der Waals surface area contributed by atoms with Gasteiger partial charge in [0.1, 0.15) is 11.5 Å². The maximum absolute atomic E-state index is 14.2. The molecule has 1 unspecified atom stereocenters. The molecular formula is C25H26FNO6. The molecule has 0 spiro atoms. The zero-order valence-corrected chi connectivity index (χ0v) is 18.7. The van der Waals surface area contributed by atoms with Crippen LogP contribution in [-0.2, 0) is 9.53 Å². The van der Waals surface area contributed by atoms with E-state index in [2.05, 4.69) is 4.98 Å². The Kier molecular flexibility index (Phi) is 8.21. The molecule has 0 saturated carbocycles. The van der Waals surface area contributed by atoms with Crippen molar-refractivity contribution in [3.05, 3.63) is 71.7 Å². The van der Waals surface area contributed by atoms with E-state index >= 15 is 0 Å². The number of carboxylic acid groups (broad SMARTS) is 1. The van der Waals surface area contributed by atoms with Crippen molar-refractivity contribution in [1.29, 1.82) is 0 Å². The third-order valence-corrected chi connectivity index (χ3v) is 4.80. The Morgan fingerprint density at radius 2 is 1.91 bits per heavy atom. The minimum absolute atomic E-state index is 0.165. The van der Waals surface area contributed by atoms with Crippen LogP contribution < -0.4 is 14.2 Å². The second kappa shape index (κ2) is 11.3. The molecule has 3 aromatic rings. The highest BCUT2D eigenvalue weighted by molar-refractivity contribution is 5.68. The molecule has 33 heavy (non-hydrogen) atoms. The predicted octanol–water partition coefficient (Wildman–Crippen LogP) is 4.82. The minimum Gasteiger partial charge on any atom is -0.494 e. The van der Waals surface area contributed by atoms with Crippen molar-refractivity contribution in [2.75, 3.05) is 26.9 Å². The maximum atomic E-state index is 14.2. The second-order valence-electron chi connectivity index (χ2n) is 7.17. The molecule has 1 atom stereocenters. The molecule has 2 aromatic carbocycles. The minimum atomic E-state index is -1.05. The van der Waals surface area contributed by atoms with E-state index < -0.39 is 24.5 Å². The first-order valence-corrected chi connectivity index (χ1v) is 10.4. The fraction of sp³-hybridized carbons (Fsp3) is 0.280. The van der Waals surface area contributed by atoms with E-state index in [0.717, 1.165) is 5.56 Å². The van der Waals surface area contributed by atoms with Gasteiger partial charge in [-0.05, 0) is 67.9 Å². The zero-order chi connectivity index (χ0) is 23.8. The molecule has 174 valence electrons. The summed E-state index contributed by atoms with van der Waals surface area (Å²) < 4.78 is 36.2. The summed E-state index contributed by atoms with van der Waals surface area (Å²) in [6.07, 6.45) is -0.516. The summed E-state index contributed by atoms with van der Waals surface area (Å²) >= 11 is 0. The van der Waals surface area contributed by atoms with Gasteiger partial charge in [-0.15, -0.1) is 0 Å². The third kappa shape index (κ3) is 6.43. The van der Waals surface area contributed by atoms with Gasteiger partial charge in [0.05, 0.1) is 25.1 Å². The van der Waals surface area contributed by atoms with E-state index in [0.29, 0.717) is 35.1 Å². The summed E-state index contributed by atoms with van der Waals surface area (Å²) in [6, 6.07) is 15.2. The summed E-state index contributed by atoms with van der Waals surface area (Å²) in [5, 5.41) is 8.80. The van der Waals surface area contributed by atoms with Crippen LogP contribution in [0.2, 0.25) is 0 Å². The van der Waals surface area contributed by atoms with Gasteiger partial charge in [-0.1, -0.05) is 6.07 Å². The molecule has 0 aliphatic carbocycles. The average Bonchev–Trinajstić information content (AvgIpc) is 2.81. The number of hydrogen-bond acceptors (Lipinski definition) is 6. The molecule has 0 amide bonds. The Labute approximate surface area is 191 Å². The predicted molar refractivity (Wildman–Crippen MR) is 120 cm³/mol. The van der Waals surface area contributed by atoms with Crippen LogP contribution in [0.15, 0.2) is 54.6 Å². The van der Waals surface area contributed by atoms with Crippen LogP contribution in [0.5, 0.6) is 17.2 Å². The summed E-state index contributed by atoms with van der Waals surface area (Å²) in [7, 11) is 1.42. The van der Waals surface area contributed by atoms with Crippen LogP contribution in [-0.4, -0.2) is 43.0 Å². The van der Waals surface area contributed by atoms with Gasteiger partial charge in [-0.2, -0.15) is 0 Å². The topological polar surface area (TPSA) is 87.1 Å². The number of hydrogen-bond donors (Lipinski definition) is 1. The van der Waals surface area contributed by atoms with Gasteiger partial charge >= 0.3 is 5.97 Å². The molecule has 3 rings (SSSR count). The lowest BCUT2D eigenvalue weighted by atomic mass is 10.1. The third-order valence-electron chi connectivity index (χ3n) is 4.80. The van der Waals surface area contributed by atoms with E-state index in [1.807, 2.05) is 19.1 Å². The SMILES string of the molecule is CCOCC(Oc1ccc(OCC(=O)O)c(C)c1)c1cccc(-c2ccc(OC)c(F)c2)n1. The van der Waals surface area contributed by atoms with Crippen molar-refractivity contribution in [2.45, 2.75) is 20.0 Å². The number of aromatic nitrogens is 1.